The number of imidazole rings is 1. The Morgan fingerprint density at radius 2 is 1.97 bits per heavy atom. The molecule has 1 amide bonds. The molecule has 4 atom stereocenters. The molecule has 1 saturated heterocycles. The van der Waals surface area contributed by atoms with Crippen molar-refractivity contribution >= 4 is 34.5 Å². The molecule has 5 rings (SSSR count). The third-order valence-corrected chi connectivity index (χ3v) is 6.19. The fourth-order valence-corrected chi connectivity index (χ4v) is 4.24. The first-order valence-electron chi connectivity index (χ1n) is 11.4. The molecule has 1 aliphatic rings. The van der Waals surface area contributed by atoms with Crippen molar-refractivity contribution in [3.8, 4) is 11.4 Å². The van der Waals surface area contributed by atoms with Gasteiger partial charge in [-0.2, -0.15) is 13.2 Å². The zero-order chi connectivity index (χ0) is 27.9. The number of amides is 1. The molecule has 16 heteroatoms. The lowest BCUT2D eigenvalue weighted by Gasteiger charge is -2.17. The molecule has 0 saturated carbocycles. The van der Waals surface area contributed by atoms with E-state index in [0.717, 1.165) is 18.3 Å². The summed E-state index contributed by atoms with van der Waals surface area (Å²) in [7, 11) is 1.36. The van der Waals surface area contributed by atoms with Crippen molar-refractivity contribution in [2.45, 2.75) is 37.3 Å². The minimum Gasteiger partial charge on any atom is -0.387 e. The Morgan fingerprint density at radius 1 is 1.18 bits per heavy atom. The number of nitrogens with one attached hydrogen (secondary N) is 2. The maximum atomic E-state index is 13.1. The molecule has 1 fully saturated rings. The van der Waals surface area contributed by atoms with E-state index >= 15 is 0 Å². The summed E-state index contributed by atoms with van der Waals surface area (Å²) >= 11 is 6.08. The van der Waals surface area contributed by atoms with Crippen LogP contribution in [0.4, 0.5) is 19.0 Å². The van der Waals surface area contributed by atoms with Gasteiger partial charge < -0.3 is 25.6 Å². The molecule has 39 heavy (non-hydrogen) atoms. The molecule has 1 aliphatic heterocycles. The van der Waals surface area contributed by atoms with Crippen molar-refractivity contribution in [1.29, 1.82) is 0 Å². The summed E-state index contributed by atoms with van der Waals surface area (Å²) in [6.07, 6.45) is -4.98. The molecule has 5 heterocycles. The van der Waals surface area contributed by atoms with E-state index in [9.17, 15) is 28.2 Å². The van der Waals surface area contributed by atoms with Gasteiger partial charge in [0.15, 0.2) is 35.1 Å². The molecular formula is C23H20ClF3N8O4. The monoisotopic (exact) mass is 564 g/mol. The number of aliphatic hydroxyl groups excluding tert-OH is 2. The molecule has 204 valence electrons. The molecule has 0 aliphatic carbocycles. The highest BCUT2D eigenvalue weighted by atomic mass is 35.5. The maximum absolute atomic E-state index is 13.1. The van der Waals surface area contributed by atoms with Crippen LogP contribution in [0.15, 0.2) is 43.1 Å². The minimum absolute atomic E-state index is 0.0908. The number of hydrogen-bond acceptors (Lipinski definition) is 10. The SMILES string of the molecule is CNC(=O)[C@H]1O[C@@H](n2cnc3c(NCc4cc(C(F)(F)F)ccn4)nc(-c4cncc(Cl)c4)nc32)[C@H](O)[C@@H]1O. The number of fused-ring (bicyclic) bond motifs is 1. The van der Waals surface area contributed by atoms with Gasteiger partial charge >= 0.3 is 6.18 Å². The standard InChI is InChI=1S/C23H20ClF3N8O4/c1-28-21(38)17-15(36)16(37)22(39-17)35-9-32-14-19(31-8-13-5-11(2-3-30-13)23(25,26)27)33-18(34-20(14)35)10-4-12(24)7-29-6-10/h2-7,9,15-17,22,36-37H,8H2,1H3,(H,28,38)(H,31,33,34)/t15-,16+,17-,22+/m0/s1. The first-order chi connectivity index (χ1) is 18.6. The van der Waals surface area contributed by atoms with Crippen molar-refractivity contribution in [2.24, 2.45) is 0 Å². The number of alkyl halides is 3. The fraction of sp³-hybridized carbons (Fsp3) is 0.304. The zero-order valence-electron chi connectivity index (χ0n) is 20.0. The largest absolute Gasteiger partial charge is 0.416 e. The van der Waals surface area contributed by atoms with Crippen molar-refractivity contribution in [2.75, 3.05) is 12.4 Å². The first kappa shape index (κ1) is 26.7. The van der Waals surface area contributed by atoms with Crippen molar-refractivity contribution < 1.29 is 32.9 Å². The van der Waals surface area contributed by atoms with Gasteiger partial charge in [0.05, 0.1) is 29.2 Å². The molecule has 0 bridgehead atoms. The summed E-state index contributed by atoms with van der Waals surface area (Å²) < 4.78 is 46.4. The van der Waals surface area contributed by atoms with Gasteiger partial charge in [-0.05, 0) is 18.2 Å². The number of likely N-dealkylation sites (N-methyl/N-ethyl adjacent to an activating group) is 1. The molecule has 0 unspecified atom stereocenters. The van der Waals surface area contributed by atoms with Gasteiger partial charge in [0, 0.05) is 31.2 Å². The molecule has 12 nitrogen and oxygen atoms in total. The van der Waals surface area contributed by atoms with E-state index in [1.807, 2.05) is 0 Å². The smallest absolute Gasteiger partial charge is 0.387 e. The number of nitrogens with zero attached hydrogens (tertiary/aromatic N) is 6. The van der Waals surface area contributed by atoms with E-state index in [-0.39, 0.29) is 35.0 Å². The number of carbonyl (C=O) groups is 1. The quantitative estimate of drug-likeness (QED) is 0.272. The van der Waals surface area contributed by atoms with Crippen LogP contribution in [0.5, 0.6) is 0 Å². The summed E-state index contributed by atoms with van der Waals surface area (Å²) in [6, 6.07) is 3.33. The summed E-state index contributed by atoms with van der Waals surface area (Å²) in [5.74, 6) is -0.386. The van der Waals surface area contributed by atoms with E-state index in [0.29, 0.717) is 10.6 Å². The Hall–Kier alpha value is -3.92. The van der Waals surface area contributed by atoms with Gasteiger partial charge in [-0.25, -0.2) is 15.0 Å². The molecule has 4 aromatic heterocycles. The number of halogens is 4. The summed E-state index contributed by atoms with van der Waals surface area (Å²) in [4.78, 5) is 33.4. The Balaban J connectivity index is 1.56. The number of aliphatic hydroxyl groups is 2. The number of pyridine rings is 2. The van der Waals surface area contributed by atoms with E-state index in [2.05, 4.69) is 35.6 Å². The molecule has 0 radical (unpaired) electrons. The Labute approximate surface area is 222 Å². The third-order valence-electron chi connectivity index (χ3n) is 5.98. The highest BCUT2D eigenvalue weighted by molar-refractivity contribution is 6.30. The number of hydrogen-bond donors (Lipinski definition) is 4. The van der Waals surface area contributed by atoms with Crippen molar-refractivity contribution in [1.82, 2.24) is 34.8 Å². The molecule has 0 spiro atoms. The van der Waals surface area contributed by atoms with Crippen LogP contribution in [0, 0.1) is 0 Å². The van der Waals surface area contributed by atoms with Crippen LogP contribution in [0.3, 0.4) is 0 Å². The van der Waals surface area contributed by atoms with Crippen LogP contribution in [0.1, 0.15) is 17.5 Å². The fourth-order valence-electron chi connectivity index (χ4n) is 4.06. The van der Waals surface area contributed by atoms with Gasteiger partial charge in [-0.3, -0.25) is 19.3 Å². The van der Waals surface area contributed by atoms with Gasteiger partial charge in [0.2, 0.25) is 0 Å². The Bertz CT molecular complexity index is 1540. The van der Waals surface area contributed by atoms with Gasteiger partial charge in [0.25, 0.3) is 5.91 Å². The minimum atomic E-state index is -4.54. The van der Waals surface area contributed by atoms with Gasteiger partial charge in [-0.15, -0.1) is 0 Å². The lowest BCUT2D eigenvalue weighted by Crippen LogP contribution is -2.41. The highest BCUT2D eigenvalue weighted by Crippen LogP contribution is 2.34. The second kappa shape index (κ2) is 10.3. The van der Waals surface area contributed by atoms with E-state index in [1.165, 1.54) is 30.3 Å². The number of ether oxygens (including phenoxy) is 1. The maximum Gasteiger partial charge on any atom is 0.416 e. The third kappa shape index (κ3) is 5.21. The topological polar surface area (TPSA) is 160 Å². The summed E-state index contributed by atoms with van der Waals surface area (Å²) in [6.45, 7) is -0.143. The highest BCUT2D eigenvalue weighted by Gasteiger charge is 2.47. The molecular weight excluding hydrogens is 545 g/mol. The van der Waals surface area contributed by atoms with Crippen LogP contribution in [0.25, 0.3) is 22.6 Å². The Morgan fingerprint density at radius 3 is 2.69 bits per heavy atom. The second-order valence-electron chi connectivity index (χ2n) is 8.54. The number of aromatic nitrogens is 6. The van der Waals surface area contributed by atoms with Gasteiger partial charge in [-0.1, -0.05) is 11.6 Å². The zero-order valence-corrected chi connectivity index (χ0v) is 20.7. The average Bonchev–Trinajstić information content (AvgIpc) is 3.47. The van der Waals surface area contributed by atoms with Crippen molar-refractivity contribution in [3.63, 3.8) is 0 Å². The van der Waals surface area contributed by atoms with Crippen LogP contribution in [-0.4, -0.2) is 71.0 Å². The van der Waals surface area contributed by atoms with E-state index < -0.39 is 42.2 Å². The average molecular weight is 565 g/mol. The lowest BCUT2D eigenvalue weighted by atomic mass is 10.1. The predicted molar refractivity (Wildman–Crippen MR) is 130 cm³/mol. The normalized spacial score (nSPS) is 21.3. The summed E-state index contributed by atoms with van der Waals surface area (Å²) in [5, 5.41) is 26.6. The Kier molecular flexibility index (Phi) is 7.07. The lowest BCUT2D eigenvalue weighted by molar-refractivity contribution is -0.138. The van der Waals surface area contributed by atoms with Gasteiger partial charge in [0.1, 0.15) is 12.2 Å². The molecule has 0 aromatic carbocycles. The van der Waals surface area contributed by atoms with Crippen LogP contribution >= 0.6 is 11.6 Å². The molecule has 4 aromatic rings. The number of rotatable bonds is 6. The van der Waals surface area contributed by atoms with Crippen molar-refractivity contribution in [3.05, 3.63) is 59.4 Å². The van der Waals surface area contributed by atoms with E-state index in [1.54, 1.807) is 6.07 Å². The van der Waals surface area contributed by atoms with Crippen LogP contribution < -0.4 is 10.6 Å². The summed E-state index contributed by atoms with van der Waals surface area (Å²) in [5.41, 5.74) is -0.0435. The number of anilines is 1. The van der Waals surface area contributed by atoms with Crippen LogP contribution in [-0.2, 0) is 22.3 Å². The van der Waals surface area contributed by atoms with Crippen LogP contribution in [0.2, 0.25) is 5.02 Å². The predicted octanol–water partition coefficient (Wildman–Crippen LogP) is 1.93. The first-order valence-corrected chi connectivity index (χ1v) is 11.8. The number of carbonyl (C=O) groups excluding carboxylic acids is 1. The molecule has 4 N–H and O–H groups in total. The second-order valence-corrected chi connectivity index (χ2v) is 8.98. The van der Waals surface area contributed by atoms with E-state index in [4.69, 9.17) is 16.3 Å².